The molecule has 1 aliphatic rings. The maximum Gasteiger partial charge on any atom is 0.347 e. The van der Waals surface area contributed by atoms with Crippen molar-refractivity contribution in [1.29, 1.82) is 0 Å². The smallest absolute Gasteiger partial charge is 0.347 e. The predicted molar refractivity (Wildman–Crippen MR) is 127 cm³/mol. The highest BCUT2D eigenvalue weighted by atomic mass is 16.3. The molecular weight excluding hydrogens is 402 g/mol. The number of rotatable bonds is 4. The highest BCUT2D eigenvalue weighted by Crippen LogP contribution is 2.33. The van der Waals surface area contributed by atoms with Crippen molar-refractivity contribution in [1.82, 2.24) is 19.7 Å². The molecule has 1 N–H and O–H groups in total. The van der Waals surface area contributed by atoms with Crippen LogP contribution in [-0.2, 0) is 7.05 Å². The molecule has 3 aromatic rings. The molecule has 2 heterocycles. The lowest BCUT2D eigenvalue weighted by molar-refractivity contribution is 0.446. The van der Waals surface area contributed by atoms with Crippen LogP contribution in [0.2, 0.25) is 0 Å². The van der Waals surface area contributed by atoms with Gasteiger partial charge in [0.15, 0.2) is 5.82 Å². The van der Waals surface area contributed by atoms with Crippen LogP contribution in [0.3, 0.4) is 0 Å². The second kappa shape index (κ2) is 9.10. The number of anilines is 1. The molecule has 7 nitrogen and oxygen atoms in total. The first kappa shape index (κ1) is 22.0. The van der Waals surface area contributed by atoms with Gasteiger partial charge in [0.2, 0.25) is 0 Å². The van der Waals surface area contributed by atoms with E-state index in [1.54, 1.807) is 31.4 Å². The van der Waals surface area contributed by atoms with Crippen molar-refractivity contribution in [3.8, 4) is 28.3 Å². The molecule has 168 valence electrons. The summed E-state index contributed by atoms with van der Waals surface area (Å²) >= 11 is 0. The Morgan fingerprint density at radius 1 is 1.00 bits per heavy atom. The summed E-state index contributed by atoms with van der Waals surface area (Å²) in [7, 11) is 3.75. The molecule has 1 fully saturated rings. The molecule has 7 heteroatoms. The van der Waals surface area contributed by atoms with E-state index in [0.717, 1.165) is 17.7 Å². The van der Waals surface area contributed by atoms with E-state index in [1.807, 2.05) is 18.2 Å². The number of hydrogen-bond donors (Lipinski definition) is 1. The Morgan fingerprint density at radius 2 is 1.72 bits per heavy atom. The van der Waals surface area contributed by atoms with E-state index in [1.165, 1.54) is 30.3 Å². The Labute approximate surface area is 188 Å². The van der Waals surface area contributed by atoms with E-state index in [4.69, 9.17) is 0 Å². The Kier molecular flexibility index (Phi) is 6.26. The summed E-state index contributed by atoms with van der Waals surface area (Å²) in [6, 6.07) is 11.3. The Morgan fingerprint density at radius 3 is 2.31 bits per heavy atom. The number of phenols is 1. The van der Waals surface area contributed by atoms with Gasteiger partial charge in [-0.25, -0.2) is 4.79 Å². The Balaban J connectivity index is 1.54. The van der Waals surface area contributed by atoms with Crippen molar-refractivity contribution >= 4 is 5.82 Å². The SMILES string of the molecule is C[C@@H]1CC[C@H](C)C[C@@H](N(C)c2ccc(-c3ccc(-c4ccn(C)c(=O)n4)cc3O)nn2)C1. The van der Waals surface area contributed by atoms with Crippen LogP contribution in [0.4, 0.5) is 5.82 Å². The van der Waals surface area contributed by atoms with Crippen LogP contribution in [0, 0.1) is 11.8 Å². The molecule has 0 bridgehead atoms. The van der Waals surface area contributed by atoms with Crippen LogP contribution in [0.15, 0.2) is 47.4 Å². The van der Waals surface area contributed by atoms with Crippen molar-refractivity contribution in [3.05, 3.63) is 53.1 Å². The number of aromatic nitrogens is 4. The minimum absolute atomic E-state index is 0.0757. The molecule has 0 aliphatic heterocycles. The first-order valence-corrected chi connectivity index (χ1v) is 11.3. The third-order valence-electron chi connectivity index (χ3n) is 6.60. The van der Waals surface area contributed by atoms with Gasteiger partial charge in [-0.1, -0.05) is 32.8 Å². The summed E-state index contributed by atoms with van der Waals surface area (Å²) in [6.45, 7) is 4.67. The maximum atomic E-state index is 11.8. The van der Waals surface area contributed by atoms with Gasteiger partial charge >= 0.3 is 5.69 Å². The standard InChI is InChI=1S/C25H31N5O2/c1-16-5-6-17(2)14-19(13-16)30(4)24-10-9-22(27-28-24)20-8-7-18(15-23(20)31)21-11-12-29(3)25(32)26-21/h7-12,15-17,19,31H,5-6,13-14H2,1-4H3/t16-,17+,19+. The van der Waals surface area contributed by atoms with Crippen LogP contribution in [0.25, 0.3) is 22.5 Å². The monoisotopic (exact) mass is 433 g/mol. The fourth-order valence-corrected chi connectivity index (χ4v) is 4.52. The van der Waals surface area contributed by atoms with Gasteiger partial charge < -0.3 is 14.6 Å². The Hall–Kier alpha value is -3.22. The molecule has 0 saturated heterocycles. The molecule has 1 aromatic carbocycles. The predicted octanol–water partition coefficient (Wildman–Crippen LogP) is 4.26. The molecule has 3 atom stereocenters. The number of hydrogen-bond acceptors (Lipinski definition) is 6. The van der Waals surface area contributed by atoms with Crippen LogP contribution >= 0.6 is 0 Å². The zero-order chi connectivity index (χ0) is 22.8. The van der Waals surface area contributed by atoms with Crippen molar-refractivity contribution in [2.75, 3.05) is 11.9 Å². The lowest BCUT2D eigenvalue weighted by Crippen LogP contribution is -2.34. The van der Waals surface area contributed by atoms with Gasteiger partial charge in [0.1, 0.15) is 5.75 Å². The molecule has 2 aromatic heterocycles. The van der Waals surface area contributed by atoms with E-state index in [-0.39, 0.29) is 11.4 Å². The van der Waals surface area contributed by atoms with E-state index in [2.05, 4.69) is 41.0 Å². The topological polar surface area (TPSA) is 84.1 Å². The molecule has 1 aliphatic carbocycles. The normalized spacial score (nSPS) is 21.2. The van der Waals surface area contributed by atoms with Gasteiger partial charge in [-0.05, 0) is 55.0 Å². The zero-order valence-corrected chi connectivity index (χ0v) is 19.2. The molecule has 0 unspecified atom stereocenters. The highest BCUT2D eigenvalue weighted by molar-refractivity contribution is 5.73. The van der Waals surface area contributed by atoms with Crippen LogP contribution < -0.4 is 10.6 Å². The summed E-state index contributed by atoms with van der Waals surface area (Å²) in [6.07, 6.45) is 6.58. The van der Waals surface area contributed by atoms with Crippen molar-refractivity contribution in [2.24, 2.45) is 18.9 Å². The fraction of sp³-hybridized carbons (Fsp3) is 0.440. The third-order valence-corrected chi connectivity index (χ3v) is 6.60. The zero-order valence-electron chi connectivity index (χ0n) is 19.2. The molecule has 0 amide bonds. The van der Waals surface area contributed by atoms with Gasteiger partial charge in [-0.15, -0.1) is 10.2 Å². The number of aryl methyl sites for hydroxylation is 1. The van der Waals surface area contributed by atoms with Gasteiger partial charge in [0.05, 0.1) is 11.4 Å². The molecule has 32 heavy (non-hydrogen) atoms. The number of nitrogens with zero attached hydrogens (tertiary/aromatic N) is 5. The van der Waals surface area contributed by atoms with Crippen LogP contribution in [0.5, 0.6) is 5.75 Å². The van der Waals surface area contributed by atoms with E-state index in [0.29, 0.717) is 28.6 Å². The molecule has 4 rings (SSSR count). The van der Waals surface area contributed by atoms with Crippen LogP contribution in [-0.4, -0.2) is 37.9 Å². The minimum atomic E-state index is -0.339. The number of phenolic OH excluding ortho intramolecular Hbond substituents is 1. The second-order valence-corrected chi connectivity index (χ2v) is 9.24. The largest absolute Gasteiger partial charge is 0.507 e. The lowest BCUT2D eigenvalue weighted by atomic mass is 9.98. The van der Waals surface area contributed by atoms with E-state index < -0.39 is 0 Å². The van der Waals surface area contributed by atoms with Gasteiger partial charge in [0.25, 0.3) is 0 Å². The summed E-state index contributed by atoms with van der Waals surface area (Å²) in [5.74, 6) is 2.36. The quantitative estimate of drug-likeness (QED) is 0.619. The summed E-state index contributed by atoms with van der Waals surface area (Å²) in [4.78, 5) is 18.1. The summed E-state index contributed by atoms with van der Waals surface area (Å²) in [5.41, 5.74) is 2.05. The molecular formula is C25H31N5O2. The summed E-state index contributed by atoms with van der Waals surface area (Å²) < 4.78 is 1.41. The lowest BCUT2D eigenvalue weighted by Gasteiger charge is -2.30. The van der Waals surface area contributed by atoms with E-state index >= 15 is 0 Å². The molecule has 0 spiro atoms. The molecule has 0 radical (unpaired) electrons. The Bertz CT molecular complexity index is 1130. The minimum Gasteiger partial charge on any atom is -0.507 e. The van der Waals surface area contributed by atoms with Crippen molar-refractivity contribution in [2.45, 2.75) is 45.6 Å². The first-order chi connectivity index (χ1) is 15.3. The second-order valence-electron chi connectivity index (χ2n) is 9.24. The average molecular weight is 434 g/mol. The van der Waals surface area contributed by atoms with Gasteiger partial charge in [0, 0.05) is 37.5 Å². The van der Waals surface area contributed by atoms with Gasteiger partial charge in [-0.3, -0.25) is 0 Å². The fourth-order valence-electron chi connectivity index (χ4n) is 4.52. The van der Waals surface area contributed by atoms with Crippen molar-refractivity contribution < 1.29 is 5.11 Å². The van der Waals surface area contributed by atoms with Crippen molar-refractivity contribution in [3.63, 3.8) is 0 Å². The number of aromatic hydroxyl groups is 1. The van der Waals surface area contributed by atoms with E-state index in [9.17, 15) is 9.90 Å². The maximum absolute atomic E-state index is 11.8. The molecule has 1 saturated carbocycles. The average Bonchev–Trinajstić information content (AvgIpc) is 2.95. The van der Waals surface area contributed by atoms with Crippen LogP contribution in [0.1, 0.15) is 39.5 Å². The first-order valence-electron chi connectivity index (χ1n) is 11.3. The third kappa shape index (κ3) is 4.66. The van der Waals surface area contributed by atoms with Gasteiger partial charge in [-0.2, -0.15) is 4.98 Å². The number of benzene rings is 1. The summed E-state index contributed by atoms with van der Waals surface area (Å²) in [5, 5.41) is 19.5. The highest BCUT2D eigenvalue weighted by Gasteiger charge is 2.25.